The van der Waals surface area contributed by atoms with Gasteiger partial charge in [0, 0.05) is 11.8 Å². The van der Waals surface area contributed by atoms with Gasteiger partial charge in [0.15, 0.2) is 0 Å². The zero-order valence-electron chi connectivity index (χ0n) is 29.3. The number of fused-ring (bicyclic) bond motifs is 4. The van der Waals surface area contributed by atoms with Crippen LogP contribution >= 0.6 is 0 Å². The fourth-order valence-electron chi connectivity index (χ4n) is 9.52. The van der Waals surface area contributed by atoms with Gasteiger partial charge in [0.2, 0.25) is 0 Å². The maximum absolute atomic E-state index is 4.60. The molecule has 0 unspecified atom stereocenters. The summed E-state index contributed by atoms with van der Waals surface area (Å²) in [6, 6.07) is 67.6. The Morgan fingerprint density at radius 1 is 0.259 bits per heavy atom. The first kappa shape index (κ1) is 29.5. The molecule has 0 saturated heterocycles. The lowest BCUT2D eigenvalue weighted by atomic mass is 9.83. The summed E-state index contributed by atoms with van der Waals surface area (Å²) in [5.41, 5.74) is 7.07. The molecule has 0 saturated carbocycles. The van der Waals surface area contributed by atoms with Crippen molar-refractivity contribution in [3.05, 3.63) is 188 Å². The van der Waals surface area contributed by atoms with Gasteiger partial charge in [-0.25, -0.2) is 0 Å². The summed E-state index contributed by atoms with van der Waals surface area (Å²) >= 11 is 0. The second kappa shape index (κ2) is 11.2. The average Bonchev–Trinajstić information content (AvgIpc) is 3.24. The molecule has 0 spiro atoms. The van der Waals surface area contributed by atoms with Crippen LogP contribution in [0.4, 0.5) is 0 Å². The van der Waals surface area contributed by atoms with Crippen LogP contribution in [-0.4, -0.2) is 4.98 Å². The van der Waals surface area contributed by atoms with Crippen molar-refractivity contribution < 1.29 is 0 Å². The SMILES string of the molecule is c1ccc(-c2ccc(-c3c4ccccc4c(-c4cc5ccc6cccc7c8cccc9ccc%10cccc(c(c4)c5c67)c%10c98)c4ccccc34)cc2)nc1. The summed E-state index contributed by atoms with van der Waals surface area (Å²) < 4.78 is 0. The molecule has 0 fully saturated rings. The largest absolute Gasteiger partial charge is 0.256 e. The summed E-state index contributed by atoms with van der Waals surface area (Å²) in [4.78, 5) is 4.60. The number of hydrogen-bond acceptors (Lipinski definition) is 1. The molecule has 1 heterocycles. The average molecular weight is 682 g/mol. The Kier molecular flexibility index (Phi) is 6.12. The molecule has 0 atom stereocenters. The highest BCUT2D eigenvalue weighted by atomic mass is 14.7. The predicted octanol–water partition coefficient (Wildman–Crippen LogP) is 14.7. The van der Waals surface area contributed by atoms with Crippen molar-refractivity contribution in [2.75, 3.05) is 0 Å². The Hall–Kier alpha value is -7.09. The third-order valence-corrected chi connectivity index (χ3v) is 11.8. The third kappa shape index (κ3) is 4.12. The third-order valence-electron chi connectivity index (χ3n) is 11.8. The molecule has 0 aliphatic carbocycles. The lowest BCUT2D eigenvalue weighted by molar-refractivity contribution is 1.33. The molecule has 248 valence electrons. The standard InChI is InChI=1S/C53H31N/c1-3-15-41-39(13-1)48(36-23-21-32(22-24-36)47-20-5-6-29-54-47)40-14-2-4-16-42(40)49(41)38-30-37-28-27-35-11-8-18-44-43-17-7-10-33-25-26-34-12-9-19-45(52(34)50(33)43)46(31-38)53(37)51(35)44/h1-31H. The molecule has 54 heavy (non-hydrogen) atoms. The number of aromatic nitrogens is 1. The second-order valence-corrected chi connectivity index (χ2v) is 14.6. The van der Waals surface area contributed by atoms with Gasteiger partial charge in [-0.2, -0.15) is 0 Å². The van der Waals surface area contributed by atoms with Crippen molar-refractivity contribution in [3.63, 3.8) is 0 Å². The highest BCUT2D eigenvalue weighted by molar-refractivity contribution is 6.37. The lowest BCUT2D eigenvalue weighted by Gasteiger charge is -2.20. The number of nitrogens with zero attached hydrogens (tertiary/aromatic N) is 1. The van der Waals surface area contributed by atoms with Gasteiger partial charge in [-0.3, -0.25) is 4.98 Å². The zero-order chi connectivity index (χ0) is 35.3. The highest BCUT2D eigenvalue weighted by Crippen LogP contribution is 2.48. The number of hydrogen-bond donors (Lipinski definition) is 0. The van der Waals surface area contributed by atoms with Crippen LogP contribution < -0.4 is 0 Å². The fourth-order valence-corrected chi connectivity index (χ4v) is 9.52. The van der Waals surface area contributed by atoms with E-state index in [4.69, 9.17) is 0 Å². The smallest absolute Gasteiger partial charge is 0.0701 e. The minimum Gasteiger partial charge on any atom is -0.256 e. The molecule has 0 radical (unpaired) electrons. The van der Waals surface area contributed by atoms with Crippen LogP contribution in [0.2, 0.25) is 0 Å². The minimum atomic E-state index is 0.983. The first-order valence-electron chi connectivity index (χ1n) is 18.7. The molecule has 0 aliphatic heterocycles. The van der Waals surface area contributed by atoms with E-state index in [1.807, 2.05) is 18.3 Å². The van der Waals surface area contributed by atoms with Crippen LogP contribution in [0.1, 0.15) is 0 Å². The van der Waals surface area contributed by atoms with Gasteiger partial charge in [0.1, 0.15) is 0 Å². The van der Waals surface area contributed by atoms with E-state index in [0.29, 0.717) is 0 Å². The van der Waals surface area contributed by atoms with Gasteiger partial charge in [-0.1, -0.05) is 158 Å². The Balaban J connectivity index is 1.22. The van der Waals surface area contributed by atoms with Gasteiger partial charge in [-0.05, 0) is 133 Å². The van der Waals surface area contributed by atoms with Crippen molar-refractivity contribution in [2.24, 2.45) is 0 Å². The van der Waals surface area contributed by atoms with E-state index in [-0.39, 0.29) is 0 Å². The number of rotatable bonds is 3. The van der Waals surface area contributed by atoms with Gasteiger partial charge >= 0.3 is 0 Å². The highest BCUT2D eigenvalue weighted by Gasteiger charge is 2.20. The molecule has 0 N–H and O–H groups in total. The molecule has 1 heteroatoms. The van der Waals surface area contributed by atoms with Crippen LogP contribution in [0.25, 0.3) is 120 Å². The van der Waals surface area contributed by atoms with Crippen LogP contribution in [0.3, 0.4) is 0 Å². The molecule has 11 aromatic carbocycles. The molecular weight excluding hydrogens is 651 g/mol. The van der Waals surface area contributed by atoms with Crippen molar-refractivity contribution >= 4 is 86.2 Å². The molecule has 12 rings (SSSR count). The fraction of sp³-hybridized carbons (Fsp3) is 0. The summed E-state index contributed by atoms with van der Waals surface area (Å²) in [5, 5.41) is 20.6. The molecule has 0 aliphatic rings. The predicted molar refractivity (Wildman–Crippen MR) is 232 cm³/mol. The number of pyridine rings is 1. The summed E-state index contributed by atoms with van der Waals surface area (Å²) in [6.07, 6.45) is 1.86. The second-order valence-electron chi connectivity index (χ2n) is 14.6. The monoisotopic (exact) mass is 681 g/mol. The van der Waals surface area contributed by atoms with Crippen LogP contribution in [0.15, 0.2) is 188 Å². The quantitative estimate of drug-likeness (QED) is 0.134. The first-order valence-corrected chi connectivity index (χ1v) is 18.7. The molecular formula is C53H31N. The number of benzene rings is 10. The van der Waals surface area contributed by atoms with Crippen molar-refractivity contribution in [2.45, 2.75) is 0 Å². The molecule has 0 amide bonds. The zero-order valence-corrected chi connectivity index (χ0v) is 29.3. The Morgan fingerprint density at radius 3 is 1.20 bits per heavy atom. The van der Waals surface area contributed by atoms with Crippen molar-refractivity contribution in [3.8, 4) is 33.5 Å². The first-order chi connectivity index (χ1) is 26.8. The van der Waals surface area contributed by atoms with E-state index in [9.17, 15) is 0 Å². The minimum absolute atomic E-state index is 0.983. The lowest BCUT2D eigenvalue weighted by Crippen LogP contribution is -1.92. The van der Waals surface area contributed by atoms with E-state index >= 15 is 0 Å². The summed E-state index contributed by atoms with van der Waals surface area (Å²) in [6.45, 7) is 0. The topological polar surface area (TPSA) is 12.9 Å². The maximum atomic E-state index is 4.60. The Morgan fingerprint density at radius 2 is 0.685 bits per heavy atom. The molecule has 1 nitrogen and oxygen atoms in total. The Labute approximate surface area is 311 Å². The van der Waals surface area contributed by atoms with E-state index in [1.165, 1.54) is 108 Å². The van der Waals surface area contributed by atoms with E-state index in [2.05, 4.69) is 175 Å². The van der Waals surface area contributed by atoms with Gasteiger partial charge < -0.3 is 0 Å². The van der Waals surface area contributed by atoms with Crippen molar-refractivity contribution in [1.82, 2.24) is 4.98 Å². The maximum Gasteiger partial charge on any atom is 0.0701 e. The van der Waals surface area contributed by atoms with Gasteiger partial charge in [0.05, 0.1) is 5.69 Å². The Bertz CT molecular complexity index is 3410. The van der Waals surface area contributed by atoms with Crippen molar-refractivity contribution in [1.29, 1.82) is 0 Å². The van der Waals surface area contributed by atoms with E-state index < -0.39 is 0 Å². The van der Waals surface area contributed by atoms with E-state index in [0.717, 1.165) is 11.3 Å². The van der Waals surface area contributed by atoms with Crippen LogP contribution in [-0.2, 0) is 0 Å². The normalized spacial score (nSPS) is 12.1. The molecule has 0 bridgehead atoms. The van der Waals surface area contributed by atoms with Crippen LogP contribution in [0.5, 0.6) is 0 Å². The van der Waals surface area contributed by atoms with E-state index in [1.54, 1.807) is 0 Å². The van der Waals surface area contributed by atoms with Gasteiger partial charge in [0.25, 0.3) is 0 Å². The molecule has 1 aromatic heterocycles. The summed E-state index contributed by atoms with van der Waals surface area (Å²) in [5.74, 6) is 0. The van der Waals surface area contributed by atoms with Gasteiger partial charge in [-0.15, -0.1) is 0 Å². The summed E-state index contributed by atoms with van der Waals surface area (Å²) in [7, 11) is 0. The molecule has 12 aromatic rings. The van der Waals surface area contributed by atoms with Crippen LogP contribution in [0, 0.1) is 0 Å².